The van der Waals surface area contributed by atoms with Gasteiger partial charge in [0.05, 0.1) is 7.11 Å². The van der Waals surface area contributed by atoms with Crippen LogP contribution in [0.4, 0.5) is 11.4 Å². The minimum absolute atomic E-state index is 0.0154. The second-order valence-electron chi connectivity index (χ2n) is 8.91. The van der Waals surface area contributed by atoms with Crippen LogP contribution in [0.5, 0.6) is 0 Å². The van der Waals surface area contributed by atoms with Gasteiger partial charge >= 0.3 is 11.9 Å². The summed E-state index contributed by atoms with van der Waals surface area (Å²) in [5.74, 6) is -1.56. The summed E-state index contributed by atoms with van der Waals surface area (Å²) in [6, 6.07) is 21.6. The van der Waals surface area contributed by atoms with Crippen molar-refractivity contribution in [3.05, 3.63) is 96.6 Å². The van der Waals surface area contributed by atoms with Gasteiger partial charge in [-0.15, -0.1) is 0 Å². The number of rotatable bonds is 6. The molecule has 0 radical (unpaired) electrons. The van der Waals surface area contributed by atoms with Crippen molar-refractivity contribution in [3.8, 4) is 22.3 Å². The molecule has 10 heteroatoms. The van der Waals surface area contributed by atoms with Crippen LogP contribution in [-0.2, 0) is 14.3 Å². The van der Waals surface area contributed by atoms with Crippen LogP contribution in [0.15, 0.2) is 85.2 Å². The Kier molecular flexibility index (Phi) is 10.0. The van der Waals surface area contributed by atoms with Crippen molar-refractivity contribution in [2.75, 3.05) is 31.0 Å². The molecular formula is C31H30N4O6. The molecule has 0 atom stereocenters. The fraction of sp³-hybridized carbons (Fsp3) is 0.161. The maximum absolute atomic E-state index is 11.3. The van der Waals surface area contributed by atoms with Gasteiger partial charge in [0.1, 0.15) is 11.4 Å². The molecule has 0 bridgehead atoms. The molecule has 41 heavy (non-hydrogen) atoms. The molecule has 0 aliphatic carbocycles. The highest BCUT2D eigenvalue weighted by Crippen LogP contribution is 2.24. The fourth-order valence-corrected chi connectivity index (χ4v) is 3.60. The van der Waals surface area contributed by atoms with E-state index in [-0.39, 0.29) is 23.2 Å². The van der Waals surface area contributed by atoms with E-state index in [1.165, 1.54) is 33.2 Å². The van der Waals surface area contributed by atoms with Crippen molar-refractivity contribution in [1.29, 1.82) is 0 Å². The maximum Gasteiger partial charge on any atom is 0.356 e. The van der Waals surface area contributed by atoms with Gasteiger partial charge in [0.25, 0.3) is 0 Å². The van der Waals surface area contributed by atoms with Crippen molar-refractivity contribution >= 4 is 35.1 Å². The van der Waals surface area contributed by atoms with Gasteiger partial charge < -0.3 is 19.6 Å². The lowest BCUT2D eigenvalue weighted by Gasteiger charge is -2.15. The molecule has 0 saturated carbocycles. The largest absolute Gasteiger partial charge is 0.477 e. The van der Waals surface area contributed by atoms with Gasteiger partial charge in [0.2, 0.25) is 11.8 Å². The van der Waals surface area contributed by atoms with E-state index in [2.05, 4.69) is 14.7 Å². The number of hydrogen-bond acceptors (Lipinski definition) is 7. The predicted octanol–water partition coefficient (Wildman–Crippen LogP) is 4.95. The molecule has 0 spiro atoms. The zero-order valence-electron chi connectivity index (χ0n) is 23.4. The molecule has 4 rings (SSSR count). The van der Waals surface area contributed by atoms with Crippen LogP contribution in [-0.4, -0.2) is 60.0 Å². The van der Waals surface area contributed by atoms with Gasteiger partial charge in [0.15, 0.2) is 0 Å². The molecule has 4 aromatic rings. The number of carboxylic acids is 1. The second-order valence-corrected chi connectivity index (χ2v) is 8.91. The van der Waals surface area contributed by atoms with Crippen LogP contribution in [0, 0.1) is 0 Å². The summed E-state index contributed by atoms with van der Waals surface area (Å²) in [7, 11) is 4.76. The molecule has 10 nitrogen and oxygen atoms in total. The first-order valence-electron chi connectivity index (χ1n) is 12.4. The number of aromatic carboxylic acids is 1. The number of hydrogen-bond donors (Lipinski definition) is 1. The van der Waals surface area contributed by atoms with E-state index in [0.717, 1.165) is 33.6 Å². The number of pyridine rings is 2. The highest BCUT2D eigenvalue weighted by molar-refractivity contribution is 5.92. The number of esters is 1. The van der Waals surface area contributed by atoms with E-state index in [1.807, 2.05) is 54.6 Å². The number of carboxylic acid groups (broad SMARTS) is 1. The molecule has 2 aromatic heterocycles. The Labute approximate surface area is 237 Å². The third-order valence-corrected chi connectivity index (χ3v) is 6.26. The Balaban J connectivity index is 0.000000226. The zero-order chi connectivity index (χ0) is 30.1. The van der Waals surface area contributed by atoms with Crippen molar-refractivity contribution in [2.24, 2.45) is 0 Å². The van der Waals surface area contributed by atoms with E-state index < -0.39 is 11.9 Å². The summed E-state index contributed by atoms with van der Waals surface area (Å²) in [5, 5.41) is 8.80. The van der Waals surface area contributed by atoms with Crippen LogP contribution in [0.1, 0.15) is 34.8 Å². The number of benzene rings is 2. The van der Waals surface area contributed by atoms with Gasteiger partial charge in [-0.05, 0) is 47.5 Å². The minimum atomic E-state index is -1.05. The third kappa shape index (κ3) is 7.82. The van der Waals surface area contributed by atoms with E-state index in [4.69, 9.17) is 5.11 Å². The molecule has 210 valence electrons. The van der Waals surface area contributed by atoms with Crippen molar-refractivity contribution in [2.45, 2.75) is 13.8 Å². The molecule has 2 aromatic carbocycles. The maximum atomic E-state index is 11.3. The van der Waals surface area contributed by atoms with Crippen molar-refractivity contribution in [3.63, 3.8) is 0 Å². The van der Waals surface area contributed by atoms with Crippen molar-refractivity contribution < 1.29 is 29.0 Å². The first kappa shape index (κ1) is 30.2. The number of nitrogens with zero attached hydrogens (tertiary/aromatic N) is 4. The summed E-state index contributed by atoms with van der Waals surface area (Å²) in [6.45, 7) is 3.02. The summed E-state index contributed by atoms with van der Waals surface area (Å²) >= 11 is 0. The summed E-state index contributed by atoms with van der Waals surface area (Å²) < 4.78 is 4.61. The number of methoxy groups -OCH3 is 1. The topological polar surface area (TPSA) is 130 Å². The average molecular weight is 555 g/mol. The third-order valence-electron chi connectivity index (χ3n) is 6.26. The second kappa shape index (κ2) is 13.6. The smallest absolute Gasteiger partial charge is 0.356 e. The van der Waals surface area contributed by atoms with E-state index in [1.54, 1.807) is 42.2 Å². The van der Waals surface area contributed by atoms with Crippen LogP contribution >= 0.6 is 0 Å². The normalized spacial score (nSPS) is 10.1. The monoisotopic (exact) mass is 554 g/mol. The summed E-state index contributed by atoms with van der Waals surface area (Å²) in [6.07, 6.45) is 3.14. The number of anilines is 2. The average Bonchev–Trinajstić information content (AvgIpc) is 3.00. The SMILES string of the molecule is CC(=O)N(C)c1ccc(-c2ccc(C(=O)O)nc2)cc1.COC(=O)c1ccc(-c2ccc(N(C)C(C)=O)cc2)cn1. The number of ether oxygens (including phenoxy) is 1. The number of carbonyl (C=O) groups excluding carboxylic acids is 3. The van der Waals surface area contributed by atoms with Crippen LogP contribution < -0.4 is 9.80 Å². The predicted molar refractivity (Wildman–Crippen MR) is 156 cm³/mol. The van der Waals surface area contributed by atoms with E-state index in [0.29, 0.717) is 0 Å². The lowest BCUT2D eigenvalue weighted by Crippen LogP contribution is -2.22. The Morgan fingerprint density at radius 3 is 1.27 bits per heavy atom. The standard InChI is InChI=1S/C16H16N2O3.C15H14N2O3/c1-11(19)18(2)14-7-4-12(5-8-14)13-6-9-15(17-10-13)16(20)21-3;1-10(18)17(2)13-6-3-11(4-7-13)12-5-8-14(15(19)20)16-9-12/h4-10H,1-3H3;3-9H,1-2H3,(H,19,20). The molecular weight excluding hydrogens is 524 g/mol. The molecule has 0 saturated heterocycles. The van der Waals surface area contributed by atoms with Crippen LogP contribution in [0.25, 0.3) is 22.3 Å². The van der Waals surface area contributed by atoms with Gasteiger partial charge in [0, 0.05) is 62.8 Å². The van der Waals surface area contributed by atoms with Gasteiger partial charge in [-0.3, -0.25) is 9.59 Å². The summed E-state index contributed by atoms with van der Waals surface area (Å²) in [5.41, 5.74) is 5.50. The fourth-order valence-electron chi connectivity index (χ4n) is 3.60. The Hall–Kier alpha value is -5.38. The molecule has 1 N–H and O–H groups in total. The van der Waals surface area contributed by atoms with Gasteiger partial charge in [-0.2, -0.15) is 0 Å². The molecule has 0 fully saturated rings. The molecule has 2 heterocycles. The minimum Gasteiger partial charge on any atom is -0.477 e. The number of amides is 2. The van der Waals surface area contributed by atoms with E-state index >= 15 is 0 Å². The first-order chi connectivity index (χ1) is 19.5. The Morgan fingerprint density at radius 2 is 0.976 bits per heavy atom. The molecule has 2 amide bonds. The lowest BCUT2D eigenvalue weighted by atomic mass is 10.1. The molecule has 0 aliphatic rings. The zero-order valence-corrected chi connectivity index (χ0v) is 23.4. The quantitative estimate of drug-likeness (QED) is 0.332. The molecule has 0 unspecified atom stereocenters. The Morgan fingerprint density at radius 1 is 0.610 bits per heavy atom. The lowest BCUT2D eigenvalue weighted by molar-refractivity contribution is -0.117. The molecule has 0 aliphatic heterocycles. The Bertz CT molecular complexity index is 1520. The van der Waals surface area contributed by atoms with Gasteiger partial charge in [-0.1, -0.05) is 36.4 Å². The first-order valence-corrected chi connectivity index (χ1v) is 12.4. The highest BCUT2D eigenvalue weighted by atomic mass is 16.5. The summed E-state index contributed by atoms with van der Waals surface area (Å²) in [4.78, 5) is 55.7. The van der Waals surface area contributed by atoms with Crippen LogP contribution in [0.3, 0.4) is 0 Å². The van der Waals surface area contributed by atoms with E-state index in [9.17, 15) is 19.2 Å². The van der Waals surface area contributed by atoms with Crippen LogP contribution in [0.2, 0.25) is 0 Å². The number of carbonyl (C=O) groups is 4. The van der Waals surface area contributed by atoms with Gasteiger partial charge in [-0.25, -0.2) is 19.6 Å². The number of aromatic nitrogens is 2. The van der Waals surface area contributed by atoms with Crippen molar-refractivity contribution in [1.82, 2.24) is 9.97 Å². The highest BCUT2D eigenvalue weighted by Gasteiger charge is 2.09.